The van der Waals surface area contributed by atoms with E-state index in [0.717, 1.165) is 24.2 Å². The van der Waals surface area contributed by atoms with E-state index in [-0.39, 0.29) is 18.2 Å². The third kappa shape index (κ3) is 4.14. The number of rotatable bonds is 7. The van der Waals surface area contributed by atoms with Gasteiger partial charge in [0.1, 0.15) is 11.6 Å². The molecule has 0 spiro atoms. The van der Waals surface area contributed by atoms with Crippen LogP contribution in [-0.4, -0.2) is 32.6 Å². The lowest BCUT2D eigenvalue weighted by Crippen LogP contribution is -2.20. The Kier molecular flexibility index (Phi) is 4.71. The summed E-state index contributed by atoms with van der Waals surface area (Å²) in [5.41, 5.74) is 1.37. The molecule has 1 aliphatic carbocycles. The predicted molar refractivity (Wildman–Crippen MR) is 101 cm³/mol. The lowest BCUT2D eigenvalue weighted by molar-refractivity contribution is -0.384. The zero-order valence-corrected chi connectivity index (χ0v) is 14.8. The number of amides is 1. The number of nitro groups is 1. The monoisotopic (exact) mass is 379 g/mol. The number of aromatic amines is 1. The van der Waals surface area contributed by atoms with Crippen LogP contribution >= 0.6 is 0 Å². The third-order valence-corrected chi connectivity index (χ3v) is 4.29. The van der Waals surface area contributed by atoms with Crippen LogP contribution in [-0.2, 0) is 4.79 Å². The minimum Gasteiger partial charge on any atom is -0.484 e. The number of non-ortho nitro benzene ring substituents is 1. The Bertz CT molecular complexity index is 1010. The second-order valence-corrected chi connectivity index (χ2v) is 6.49. The molecule has 142 valence electrons. The van der Waals surface area contributed by atoms with Crippen LogP contribution in [0.25, 0.3) is 11.4 Å². The average molecular weight is 379 g/mol. The number of carbonyl (C=O) groups excluding carboxylic acids is 1. The van der Waals surface area contributed by atoms with Crippen molar-refractivity contribution in [1.29, 1.82) is 0 Å². The highest BCUT2D eigenvalue weighted by Crippen LogP contribution is 2.38. The average Bonchev–Trinajstić information content (AvgIpc) is 3.43. The molecule has 1 aliphatic rings. The summed E-state index contributed by atoms with van der Waals surface area (Å²) in [5.74, 6) is 2.02. The predicted octanol–water partition coefficient (Wildman–Crippen LogP) is 3.27. The first kappa shape index (κ1) is 17.7. The Hall–Kier alpha value is -3.75. The molecule has 0 aliphatic heterocycles. The van der Waals surface area contributed by atoms with Gasteiger partial charge in [-0.25, -0.2) is 4.98 Å². The number of nitro benzene ring substituents is 1. The zero-order valence-electron chi connectivity index (χ0n) is 14.8. The Balaban J connectivity index is 1.35. The summed E-state index contributed by atoms with van der Waals surface area (Å²) in [6.07, 6.45) is 2.28. The SMILES string of the molecule is O=C(COc1ccc([N+](=O)[O-])cc1)Nc1cccc(-c2n[nH]c(C3CC3)n2)c1. The van der Waals surface area contributed by atoms with Gasteiger partial charge in [-0.3, -0.25) is 20.0 Å². The summed E-state index contributed by atoms with van der Waals surface area (Å²) < 4.78 is 5.36. The van der Waals surface area contributed by atoms with Gasteiger partial charge >= 0.3 is 0 Å². The highest BCUT2D eigenvalue weighted by atomic mass is 16.6. The van der Waals surface area contributed by atoms with E-state index in [1.165, 1.54) is 24.3 Å². The fourth-order valence-electron chi connectivity index (χ4n) is 2.69. The first-order chi connectivity index (χ1) is 13.6. The van der Waals surface area contributed by atoms with Crippen LogP contribution in [0.1, 0.15) is 24.6 Å². The number of nitrogens with zero attached hydrogens (tertiary/aromatic N) is 3. The summed E-state index contributed by atoms with van der Waals surface area (Å²) >= 11 is 0. The van der Waals surface area contributed by atoms with Crippen LogP contribution < -0.4 is 10.1 Å². The molecule has 0 atom stereocenters. The molecule has 0 unspecified atom stereocenters. The van der Waals surface area contributed by atoms with Gasteiger partial charge in [-0.1, -0.05) is 12.1 Å². The van der Waals surface area contributed by atoms with Crippen molar-refractivity contribution in [2.75, 3.05) is 11.9 Å². The maximum absolute atomic E-state index is 12.1. The summed E-state index contributed by atoms with van der Waals surface area (Å²) in [4.78, 5) is 26.8. The number of H-pyrrole nitrogens is 1. The van der Waals surface area contributed by atoms with Gasteiger partial charge in [0.05, 0.1) is 4.92 Å². The smallest absolute Gasteiger partial charge is 0.269 e. The normalized spacial score (nSPS) is 13.1. The van der Waals surface area contributed by atoms with Crippen molar-refractivity contribution in [2.45, 2.75) is 18.8 Å². The second kappa shape index (κ2) is 7.47. The maximum Gasteiger partial charge on any atom is 0.269 e. The van der Waals surface area contributed by atoms with Gasteiger partial charge in [0.2, 0.25) is 0 Å². The van der Waals surface area contributed by atoms with E-state index in [0.29, 0.717) is 23.2 Å². The summed E-state index contributed by atoms with van der Waals surface area (Å²) in [5, 5.41) is 20.6. The highest BCUT2D eigenvalue weighted by Gasteiger charge is 2.27. The molecule has 1 heterocycles. The molecule has 4 rings (SSSR count). The molecular weight excluding hydrogens is 362 g/mol. The molecule has 3 aromatic rings. The number of benzene rings is 2. The van der Waals surface area contributed by atoms with Crippen LogP contribution in [0.2, 0.25) is 0 Å². The molecule has 28 heavy (non-hydrogen) atoms. The Morgan fingerprint density at radius 1 is 1.25 bits per heavy atom. The van der Waals surface area contributed by atoms with Crippen LogP contribution in [0.4, 0.5) is 11.4 Å². The molecule has 1 fully saturated rings. The van der Waals surface area contributed by atoms with Gasteiger partial charge in [0, 0.05) is 29.3 Å². The Morgan fingerprint density at radius 3 is 2.75 bits per heavy atom. The summed E-state index contributed by atoms with van der Waals surface area (Å²) in [6.45, 7) is -0.214. The molecule has 2 N–H and O–H groups in total. The molecule has 1 saturated carbocycles. The first-order valence-corrected chi connectivity index (χ1v) is 8.78. The molecule has 1 amide bonds. The lowest BCUT2D eigenvalue weighted by Gasteiger charge is -2.08. The van der Waals surface area contributed by atoms with Gasteiger partial charge in [0.15, 0.2) is 12.4 Å². The lowest BCUT2D eigenvalue weighted by atomic mass is 10.2. The fourth-order valence-corrected chi connectivity index (χ4v) is 2.69. The van der Waals surface area contributed by atoms with E-state index in [4.69, 9.17) is 4.74 Å². The molecule has 2 aromatic carbocycles. The van der Waals surface area contributed by atoms with Gasteiger partial charge in [-0.15, -0.1) is 0 Å². The third-order valence-electron chi connectivity index (χ3n) is 4.29. The number of anilines is 1. The van der Waals surface area contributed by atoms with Gasteiger partial charge in [0.25, 0.3) is 11.6 Å². The number of hydrogen-bond acceptors (Lipinski definition) is 6. The van der Waals surface area contributed by atoms with Gasteiger partial charge in [-0.2, -0.15) is 5.10 Å². The Labute approximate surface area is 159 Å². The molecule has 9 nitrogen and oxygen atoms in total. The largest absolute Gasteiger partial charge is 0.484 e. The quantitative estimate of drug-likeness (QED) is 0.480. The first-order valence-electron chi connectivity index (χ1n) is 8.78. The molecular formula is C19H17N5O4. The van der Waals surface area contributed by atoms with E-state index >= 15 is 0 Å². The molecule has 1 aromatic heterocycles. The van der Waals surface area contributed by atoms with Crippen LogP contribution in [0.15, 0.2) is 48.5 Å². The van der Waals surface area contributed by atoms with Crippen molar-refractivity contribution >= 4 is 17.3 Å². The van der Waals surface area contributed by atoms with Crippen LogP contribution in [0, 0.1) is 10.1 Å². The molecule has 0 saturated heterocycles. The van der Waals surface area contributed by atoms with E-state index in [1.54, 1.807) is 12.1 Å². The number of ether oxygens (including phenoxy) is 1. The highest BCUT2D eigenvalue weighted by molar-refractivity contribution is 5.92. The zero-order chi connectivity index (χ0) is 19.5. The van der Waals surface area contributed by atoms with Gasteiger partial charge in [-0.05, 0) is 37.1 Å². The van der Waals surface area contributed by atoms with Crippen molar-refractivity contribution in [1.82, 2.24) is 15.2 Å². The molecule has 0 radical (unpaired) electrons. The fraction of sp³-hybridized carbons (Fsp3) is 0.211. The minimum absolute atomic E-state index is 0.0366. The summed E-state index contributed by atoms with van der Waals surface area (Å²) in [7, 11) is 0. The van der Waals surface area contributed by atoms with Crippen molar-refractivity contribution < 1.29 is 14.5 Å². The van der Waals surface area contributed by atoms with Crippen molar-refractivity contribution in [3.05, 3.63) is 64.5 Å². The number of hydrogen-bond donors (Lipinski definition) is 2. The number of aromatic nitrogens is 3. The standard InChI is InChI=1S/C19H17N5O4/c25-17(11-28-16-8-6-15(7-9-16)24(26)27)20-14-3-1-2-13(10-14)19-21-18(22-23-19)12-4-5-12/h1-3,6-10,12H,4-5,11H2,(H,20,25)(H,21,22,23). The van der Waals surface area contributed by atoms with Crippen LogP contribution in [0.5, 0.6) is 5.75 Å². The van der Waals surface area contributed by atoms with Crippen molar-refractivity contribution in [2.24, 2.45) is 0 Å². The van der Waals surface area contributed by atoms with E-state index in [2.05, 4.69) is 20.5 Å². The van der Waals surface area contributed by atoms with E-state index in [9.17, 15) is 14.9 Å². The van der Waals surface area contributed by atoms with Crippen molar-refractivity contribution in [3.8, 4) is 17.1 Å². The minimum atomic E-state index is -0.495. The van der Waals surface area contributed by atoms with E-state index < -0.39 is 4.92 Å². The number of carbonyl (C=O) groups is 1. The van der Waals surface area contributed by atoms with Crippen molar-refractivity contribution in [3.63, 3.8) is 0 Å². The Morgan fingerprint density at radius 2 is 2.04 bits per heavy atom. The van der Waals surface area contributed by atoms with E-state index in [1.807, 2.05) is 12.1 Å². The van der Waals surface area contributed by atoms with Gasteiger partial charge < -0.3 is 10.1 Å². The number of nitrogens with one attached hydrogen (secondary N) is 2. The maximum atomic E-state index is 12.1. The van der Waals surface area contributed by atoms with Crippen LogP contribution in [0.3, 0.4) is 0 Å². The molecule has 0 bridgehead atoms. The topological polar surface area (TPSA) is 123 Å². The second-order valence-electron chi connectivity index (χ2n) is 6.49. The molecule has 9 heteroatoms. The summed E-state index contributed by atoms with van der Waals surface area (Å²) in [6, 6.07) is 12.8.